The maximum Gasteiger partial charge on any atom is 0.223 e. The van der Waals surface area contributed by atoms with Crippen LogP contribution in [0.2, 0.25) is 0 Å². The number of piperidine rings is 1. The fourth-order valence-corrected chi connectivity index (χ4v) is 3.94. The van der Waals surface area contributed by atoms with Crippen molar-refractivity contribution in [3.8, 4) is 0 Å². The summed E-state index contributed by atoms with van der Waals surface area (Å²) in [6, 6.07) is 8.89. The van der Waals surface area contributed by atoms with E-state index in [2.05, 4.69) is 34.5 Å². The van der Waals surface area contributed by atoms with Crippen molar-refractivity contribution >= 4 is 30.7 Å². The summed E-state index contributed by atoms with van der Waals surface area (Å²) in [5, 5.41) is 3.09. The molecule has 26 heavy (non-hydrogen) atoms. The van der Waals surface area contributed by atoms with E-state index in [0.717, 1.165) is 32.2 Å². The molecule has 2 aliphatic rings. The number of nitrogens with one attached hydrogen (secondary N) is 1. The lowest BCUT2D eigenvalue weighted by Crippen LogP contribution is -2.37. The van der Waals surface area contributed by atoms with Gasteiger partial charge in [-0.15, -0.1) is 24.8 Å². The Morgan fingerprint density at radius 1 is 1.00 bits per heavy atom. The van der Waals surface area contributed by atoms with Crippen LogP contribution in [0.25, 0.3) is 0 Å². The Bertz CT molecular complexity index is 532. The molecule has 6 heteroatoms. The van der Waals surface area contributed by atoms with Gasteiger partial charge in [0.25, 0.3) is 0 Å². The van der Waals surface area contributed by atoms with Crippen molar-refractivity contribution in [1.82, 2.24) is 10.2 Å². The molecule has 0 radical (unpaired) electrons. The number of benzene rings is 1. The van der Waals surface area contributed by atoms with Gasteiger partial charge in [-0.3, -0.25) is 9.69 Å². The molecule has 3 N–H and O–H groups in total. The van der Waals surface area contributed by atoms with Crippen LogP contribution in [0.4, 0.5) is 0 Å². The number of carbonyl (C=O) groups is 1. The number of hydrogen-bond donors (Lipinski definition) is 2. The number of rotatable bonds is 5. The van der Waals surface area contributed by atoms with Gasteiger partial charge in [0.2, 0.25) is 5.91 Å². The van der Waals surface area contributed by atoms with Gasteiger partial charge in [0, 0.05) is 25.0 Å². The third-order valence-corrected chi connectivity index (χ3v) is 5.43. The fourth-order valence-electron chi connectivity index (χ4n) is 3.94. The molecule has 1 amide bonds. The van der Waals surface area contributed by atoms with Crippen LogP contribution in [0.1, 0.15) is 56.1 Å². The van der Waals surface area contributed by atoms with Crippen molar-refractivity contribution in [2.45, 2.75) is 64.1 Å². The first-order valence-electron chi connectivity index (χ1n) is 9.54. The average molecular weight is 402 g/mol. The number of likely N-dealkylation sites (tertiary alicyclic amines) is 1. The van der Waals surface area contributed by atoms with Crippen molar-refractivity contribution in [2.24, 2.45) is 11.7 Å². The van der Waals surface area contributed by atoms with Crippen molar-refractivity contribution < 1.29 is 4.79 Å². The third kappa shape index (κ3) is 7.07. The lowest BCUT2D eigenvalue weighted by Gasteiger charge is -2.26. The highest BCUT2D eigenvalue weighted by Gasteiger charge is 2.24. The van der Waals surface area contributed by atoms with Crippen LogP contribution in [0, 0.1) is 5.92 Å². The Balaban J connectivity index is 0.00000169. The maximum atomic E-state index is 12.3. The topological polar surface area (TPSA) is 58.4 Å². The van der Waals surface area contributed by atoms with E-state index in [1.54, 1.807) is 0 Å². The smallest absolute Gasteiger partial charge is 0.223 e. The molecule has 1 saturated heterocycles. The van der Waals surface area contributed by atoms with Crippen LogP contribution in [0.3, 0.4) is 0 Å². The number of halogens is 2. The Morgan fingerprint density at radius 3 is 2.31 bits per heavy atom. The molecule has 1 aliphatic heterocycles. The molecule has 0 bridgehead atoms. The van der Waals surface area contributed by atoms with Crippen LogP contribution in [0.15, 0.2) is 24.3 Å². The molecule has 1 saturated carbocycles. The monoisotopic (exact) mass is 401 g/mol. The third-order valence-electron chi connectivity index (χ3n) is 5.43. The maximum absolute atomic E-state index is 12.3. The van der Waals surface area contributed by atoms with Crippen LogP contribution in [-0.2, 0) is 17.9 Å². The lowest BCUT2D eigenvalue weighted by molar-refractivity contribution is -0.126. The van der Waals surface area contributed by atoms with Crippen LogP contribution in [0.5, 0.6) is 0 Å². The van der Waals surface area contributed by atoms with Gasteiger partial charge < -0.3 is 11.1 Å². The SMILES string of the molecule is Cl.Cl.NC1CCCC(C(=O)NCc2ccc(CN3CCCCC3)cc2)C1. The summed E-state index contributed by atoms with van der Waals surface area (Å²) in [6.07, 6.45) is 7.98. The zero-order valence-electron chi connectivity index (χ0n) is 15.5. The van der Waals surface area contributed by atoms with Gasteiger partial charge in [-0.2, -0.15) is 0 Å². The number of carbonyl (C=O) groups excluding carboxylic acids is 1. The summed E-state index contributed by atoms with van der Waals surface area (Å²) in [4.78, 5) is 14.8. The van der Waals surface area contributed by atoms with E-state index in [1.807, 2.05) is 0 Å². The molecule has 1 heterocycles. The zero-order chi connectivity index (χ0) is 16.8. The van der Waals surface area contributed by atoms with E-state index in [4.69, 9.17) is 5.73 Å². The van der Waals surface area contributed by atoms with E-state index in [9.17, 15) is 4.79 Å². The molecule has 0 spiro atoms. The second-order valence-corrected chi connectivity index (χ2v) is 7.49. The number of nitrogens with zero attached hydrogens (tertiary/aromatic N) is 1. The highest BCUT2D eigenvalue weighted by Crippen LogP contribution is 2.23. The van der Waals surface area contributed by atoms with E-state index < -0.39 is 0 Å². The summed E-state index contributed by atoms with van der Waals surface area (Å²) in [5.74, 6) is 0.273. The van der Waals surface area contributed by atoms with Gasteiger partial charge >= 0.3 is 0 Å². The zero-order valence-corrected chi connectivity index (χ0v) is 17.1. The summed E-state index contributed by atoms with van der Waals surface area (Å²) in [6.45, 7) is 4.11. The lowest BCUT2D eigenvalue weighted by atomic mass is 9.85. The molecule has 2 fully saturated rings. The predicted molar refractivity (Wildman–Crippen MR) is 112 cm³/mol. The predicted octanol–water partition coefficient (Wildman–Crippen LogP) is 3.65. The second kappa shape index (κ2) is 11.8. The Kier molecular flexibility index (Phi) is 10.6. The Hall–Kier alpha value is -0.810. The van der Waals surface area contributed by atoms with Gasteiger partial charge in [-0.05, 0) is 56.3 Å². The van der Waals surface area contributed by atoms with Crippen LogP contribution >= 0.6 is 24.8 Å². The minimum Gasteiger partial charge on any atom is -0.352 e. The van der Waals surface area contributed by atoms with E-state index in [-0.39, 0.29) is 42.7 Å². The van der Waals surface area contributed by atoms with Gasteiger partial charge in [0.05, 0.1) is 0 Å². The van der Waals surface area contributed by atoms with E-state index in [0.29, 0.717) is 6.54 Å². The van der Waals surface area contributed by atoms with Gasteiger partial charge in [-0.1, -0.05) is 37.1 Å². The van der Waals surface area contributed by atoms with Gasteiger partial charge in [-0.25, -0.2) is 0 Å². The minimum absolute atomic E-state index is 0. The first-order chi connectivity index (χ1) is 11.7. The van der Waals surface area contributed by atoms with Gasteiger partial charge in [0.15, 0.2) is 0 Å². The molecule has 3 rings (SSSR count). The quantitative estimate of drug-likeness (QED) is 0.791. The molecule has 1 aliphatic carbocycles. The average Bonchev–Trinajstić information content (AvgIpc) is 2.62. The van der Waals surface area contributed by atoms with E-state index in [1.165, 1.54) is 43.5 Å². The molecule has 2 atom stereocenters. The van der Waals surface area contributed by atoms with Crippen molar-refractivity contribution in [3.05, 3.63) is 35.4 Å². The first kappa shape index (κ1) is 23.2. The highest BCUT2D eigenvalue weighted by molar-refractivity contribution is 5.85. The summed E-state index contributed by atoms with van der Waals surface area (Å²) in [7, 11) is 0. The van der Waals surface area contributed by atoms with Gasteiger partial charge in [0.1, 0.15) is 0 Å². The summed E-state index contributed by atoms with van der Waals surface area (Å²) in [5.41, 5.74) is 8.52. The van der Waals surface area contributed by atoms with Crippen molar-refractivity contribution in [3.63, 3.8) is 0 Å². The molecule has 1 aromatic rings. The first-order valence-corrected chi connectivity index (χ1v) is 9.54. The molecule has 4 nitrogen and oxygen atoms in total. The standard InChI is InChI=1S/C20H31N3O.2ClH/c21-19-6-4-5-18(13-19)20(24)22-14-16-7-9-17(10-8-16)15-23-11-2-1-3-12-23;;/h7-10,18-19H,1-6,11-15,21H2,(H,22,24);2*1H. The molecule has 148 valence electrons. The normalized spacial score (nSPS) is 23.4. The van der Waals surface area contributed by atoms with Crippen LogP contribution < -0.4 is 11.1 Å². The minimum atomic E-state index is 0. The molecular formula is C20H33Cl2N3O. The van der Waals surface area contributed by atoms with Crippen LogP contribution in [-0.4, -0.2) is 29.9 Å². The Morgan fingerprint density at radius 2 is 1.65 bits per heavy atom. The van der Waals surface area contributed by atoms with Crippen molar-refractivity contribution in [1.29, 1.82) is 0 Å². The summed E-state index contributed by atoms with van der Waals surface area (Å²) >= 11 is 0. The second-order valence-electron chi connectivity index (χ2n) is 7.49. The number of hydrogen-bond acceptors (Lipinski definition) is 3. The Labute approximate surface area is 170 Å². The number of amides is 1. The molecule has 2 unspecified atom stereocenters. The van der Waals surface area contributed by atoms with Crippen molar-refractivity contribution in [2.75, 3.05) is 13.1 Å². The molecule has 0 aromatic heterocycles. The summed E-state index contributed by atoms with van der Waals surface area (Å²) < 4.78 is 0. The molecular weight excluding hydrogens is 369 g/mol. The highest BCUT2D eigenvalue weighted by atomic mass is 35.5. The van der Waals surface area contributed by atoms with E-state index >= 15 is 0 Å². The molecule has 1 aromatic carbocycles. The fraction of sp³-hybridized carbons (Fsp3) is 0.650. The number of nitrogens with two attached hydrogens (primary N) is 1. The largest absolute Gasteiger partial charge is 0.352 e.